The van der Waals surface area contributed by atoms with Crippen LogP contribution in [0.4, 0.5) is 16.2 Å². The van der Waals surface area contributed by atoms with Crippen molar-refractivity contribution in [1.29, 1.82) is 0 Å². The van der Waals surface area contributed by atoms with E-state index in [1.54, 1.807) is 48.5 Å². The second kappa shape index (κ2) is 8.76. The lowest BCUT2D eigenvalue weighted by atomic mass is 9.93. The first-order valence-corrected chi connectivity index (χ1v) is 9.64. The Morgan fingerprint density at radius 1 is 1.06 bits per heavy atom. The zero-order chi connectivity index (χ0) is 22.7. The van der Waals surface area contributed by atoms with Crippen LogP contribution >= 0.6 is 0 Å². The number of ether oxygens (including phenoxy) is 1. The largest absolute Gasteiger partial charge is 0.444 e. The number of nitrogens with zero attached hydrogens (tertiary/aromatic N) is 4. The highest BCUT2D eigenvalue weighted by Gasteiger charge is 2.33. The van der Waals surface area contributed by atoms with Gasteiger partial charge in [0.05, 0.1) is 18.8 Å². The minimum atomic E-state index is -0.708. The molecule has 3 aromatic rings. The van der Waals surface area contributed by atoms with Gasteiger partial charge in [-0.05, 0) is 29.3 Å². The maximum absolute atomic E-state index is 12.7. The van der Waals surface area contributed by atoms with Gasteiger partial charge in [-0.15, -0.1) is 0 Å². The first kappa shape index (κ1) is 20.9. The highest BCUT2D eigenvalue weighted by molar-refractivity contribution is 6.27. The zero-order valence-corrected chi connectivity index (χ0v) is 16.7. The van der Waals surface area contributed by atoms with E-state index in [0.717, 1.165) is 4.90 Å². The fraction of sp³-hybridized carbons (Fsp3) is 0.136. The Kier molecular flexibility index (Phi) is 5.71. The number of azide groups is 1. The topological polar surface area (TPSA) is 145 Å². The standard InChI is InChI=1S/C22H17N5O5/c23-26-25-14-6-4-13(5-7-14)12-32-22(31)24-18-9-8-17-19-15(18)2-1-3-16(19)20(29)27(10-11-28)21(17)30/h1-9,28H,10-12H2,(H,24,31). The normalized spacial score (nSPS) is 12.5. The highest BCUT2D eigenvalue weighted by Crippen LogP contribution is 2.34. The summed E-state index contributed by atoms with van der Waals surface area (Å²) in [6.45, 7) is -0.428. The average molecular weight is 431 g/mol. The van der Waals surface area contributed by atoms with Crippen molar-refractivity contribution in [2.24, 2.45) is 5.11 Å². The summed E-state index contributed by atoms with van der Waals surface area (Å²) in [6.07, 6.45) is -0.708. The van der Waals surface area contributed by atoms with E-state index in [4.69, 9.17) is 10.3 Å². The van der Waals surface area contributed by atoms with E-state index in [-0.39, 0.29) is 19.8 Å². The predicted molar refractivity (Wildman–Crippen MR) is 115 cm³/mol. The molecule has 10 heteroatoms. The fourth-order valence-corrected chi connectivity index (χ4v) is 3.56. The van der Waals surface area contributed by atoms with Gasteiger partial charge in [0.2, 0.25) is 0 Å². The second-order valence-corrected chi connectivity index (χ2v) is 6.93. The lowest BCUT2D eigenvalue weighted by Crippen LogP contribution is -2.41. The number of β-amino-alcohol motifs (C(OH)–C–C–N with tert-alkyl or cyclic N) is 1. The van der Waals surface area contributed by atoms with Crippen LogP contribution in [-0.2, 0) is 11.3 Å². The summed E-state index contributed by atoms with van der Waals surface area (Å²) in [7, 11) is 0. The number of rotatable bonds is 6. The van der Waals surface area contributed by atoms with Crippen molar-refractivity contribution in [1.82, 2.24) is 4.90 Å². The molecule has 3 amide bonds. The third kappa shape index (κ3) is 3.83. The van der Waals surface area contributed by atoms with Crippen LogP contribution in [0.1, 0.15) is 26.3 Å². The molecule has 1 aliphatic heterocycles. The van der Waals surface area contributed by atoms with Crippen LogP contribution < -0.4 is 5.32 Å². The molecule has 0 fully saturated rings. The average Bonchev–Trinajstić information content (AvgIpc) is 2.80. The van der Waals surface area contributed by atoms with Gasteiger partial charge in [0.25, 0.3) is 11.8 Å². The molecule has 0 saturated heterocycles. The summed E-state index contributed by atoms with van der Waals surface area (Å²) >= 11 is 0. The SMILES string of the molecule is [N-]=[N+]=Nc1ccc(COC(=O)Nc2ccc3c4c(cccc24)C(=O)N(CCO)C3=O)cc1. The Morgan fingerprint density at radius 3 is 2.47 bits per heavy atom. The molecular weight excluding hydrogens is 414 g/mol. The number of nitrogens with one attached hydrogen (secondary N) is 1. The molecule has 0 unspecified atom stereocenters. The molecular formula is C22H17N5O5. The van der Waals surface area contributed by atoms with Gasteiger partial charge in [0, 0.05) is 32.5 Å². The molecule has 1 aliphatic rings. The van der Waals surface area contributed by atoms with Crippen LogP contribution in [0.5, 0.6) is 0 Å². The van der Waals surface area contributed by atoms with Crippen molar-refractivity contribution in [3.63, 3.8) is 0 Å². The first-order valence-electron chi connectivity index (χ1n) is 9.64. The van der Waals surface area contributed by atoms with Crippen LogP contribution in [0, 0.1) is 0 Å². The summed E-state index contributed by atoms with van der Waals surface area (Å²) in [4.78, 5) is 41.5. The summed E-state index contributed by atoms with van der Waals surface area (Å²) in [5, 5.41) is 16.3. The zero-order valence-electron chi connectivity index (χ0n) is 16.7. The number of anilines is 1. The Bertz CT molecular complexity index is 1260. The lowest BCUT2D eigenvalue weighted by Gasteiger charge is -2.27. The van der Waals surface area contributed by atoms with E-state index < -0.39 is 17.9 Å². The number of amides is 3. The van der Waals surface area contributed by atoms with Crippen LogP contribution in [0.3, 0.4) is 0 Å². The number of carbonyl (C=O) groups excluding carboxylic acids is 3. The molecule has 0 radical (unpaired) electrons. The van der Waals surface area contributed by atoms with Gasteiger partial charge in [-0.1, -0.05) is 41.5 Å². The monoisotopic (exact) mass is 431 g/mol. The Balaban J connectivity index is 1.55. The van der Waals surface area contributed by atoms with E-state index in [9.17, 15) is 19.5 Å². The predicted octanol–water partition coefficient (Wildman–Crippen LogP) is 4.12. The number of hydrogen-bond donors (Lipinski definition) is 2. The molecule has 4 rings (SSSR count). The van der Waals surface area contributed by atoms with Crippen molar-refractivity contribution in [2.75, 3.05) is 18.5 Å². The molecule has 0 atom stereocenters. The van der Waals surface area contributed by atoms with Gasteiger partial charge in [-0.25, -0.2) is 4.79 Å². The fourth-order valence-electron chi connectivity index (χ4n) is 3.56. The number of aliphatic hydroxyl groups is 1. The Labute approximate surface area is 181 Å². The molecule has 2 N–H and O–H groups in total. The smallest absolute Gasteiger partial charge is 0.411 e. The van der Waals surface area contributed by atoms with Crippen molar-refractivity contribution < 1.29 is 24.2 Å². The minimum absolute atomic E-state index is 0.00324. The van der Waals surface area contributed by atoms with Gasteiger partial charge in [-0.3, -0.25) is 19.8 Å². The molecule has 0 spiro atoms. The molecule has 10 nitrogen and oxygen atoms in total. The maximum Gasteiger partial charge on any atom is 0.411 e. The number of hydrogen-bond acceptors (Lipinski definition) is 6. The molecule has 0 aliphatic carbocycles. The number of imide groups is 1. The van der Waals surface area contributed by atoms with Gasteiger partial charge < -0.3 is 9.84 Å². The third-order valence-electron chi connectivity index (χ3n) is 5.02. The summed E-state index contributed by atoms with van der Waals surface area (Å²) in [5.41, 5.74) is 10.6. The van der Waals surface area contributed by atoms with E-state index in [0.29, 0.717) is 38.8 Å². The molecule has 0 aromatic heterocycles. The summed E-state index contributed by atoms with van der Waals surface area (Å²) < 4.78 is 5.25. The van der Waals surface area contributed by atoms with Crippen LogP contribution in [0.15, 0.2) is 59.7 Å². The number of benzene rings is 3. The van der Waals surface area contributed by atoms with E-state index >= 15 is 0 Å². The maximum atomic E-state index is 12.7. The Morgan fingerprint density at radius 2 is 1.78 bits per heavy atom. The third-order valence-corrected chi connectivity index (χ3v) is 5.02. The lowest BCUT2D eigenvalue weighted by molar-refractivity contribution is 0.0580. The van der Waals surface area contributed by atoms with Crippen molar-refractivity contribution in [2.45, 2.75) is 6.61 Å². The molecule has 0 bridgehead atoms. The van der Waals surface area contributed by atoms with E-state index in [2.05, 4.69) is 15.3 Å². The van der Waals surface area contributed by atoms with Gasteiger partial charge >= 0.3 is 6.09 Å². The highest BCUT2D eigenvalue weighted by atomic mass is 16.5. The second-order valence-electron chi connectivity index (χ2n) is 6.93. The van der Waals surface area contributed by atoms with Crippen LogP contribution in [-0.4, -0.2) is 41.1 Å². The summed E-state index contributed by atoms with van der Waals surface area (Å²) in [5.74, 6) is -0.989. The minimum Gasteiger partial charge on any atom is -0.444 e. The van der Waals surface area contributed by atoms with Crippen molar-refractivity contribution in [3.8, 4) is 0 Å². The van der Waals surface area contributed by atoms with Crippen LogP contribution in [0.25, 0.3) is 21.2 Å². The van der Waals surface area contributed by atoms with E-state index in [1.807, 2.05) is 0 Å². The van der Waals surface area contributed by atoms with Crippen molar-refractivity contribution >= 4 is 40.1 Å². The molecule has 32 heavy (non-hydrogen) atoms. The van der Waals surface area contributed by atoms with Gasteiger partial charge in [0.1, 0.15) is 6.61 Å². The van der Waals surface area contributed by atoms with Crippen LogP contribution in [0.2, 0.25) is 0 Å². The van der Waals surface area contributed by atoms with E-state index in [1.165, 1.54) is 6.07 Å². The Hall–Kier alpha value is -4.40. The summed E-state index contributed by atoms with van der Waals surface area (Å²) in [6, 6.07) is 14.6. The first-order chi connectivity index (χ1) is 15.5. The quantitative estimate of drug-likeness (QED) is 0.261. The van der Waals surface area contributed by atoms with Gasteiger partial charge in [0.15, 0.2) is 0 Å². The molecule has 3 aromatic carbocycles. The number of aliphatic hydroxyl groups excluding tert-OH is 1. The molecule has 160 valence electrons. The van der Waals surface area contributed by atoms with Gasteiger partial charge in [-0.2, -0.15) is 0 Å². The van der Waals surface area contributed by atoms with Crippen molar-refractivity contribution in [3.05, 3.63) is 81.7 Å². The number of carbonyl (C=O) groups is 3. The molecule has 1 heterocycles. The molecule has 0 saturated carbocycles.